The van der Waals surface area contributed by atoms with E-state index in [0.717, 1.165) is 10.6 Å². The molecule has 1 unspecified atom stereocenters. The van der Waals surface area contributed by atoms with Crippen molar-refractivity contribution in [2.45, 2.75) is 18.3 Å². The maximum atomic E-state index is 14.1. The molecule has 0 saturated carbocycles. The lowest BCUT2D eigenvalue weighted by molar-refractivity contribution is -0.361. The van der Waals surface area contributed by atoms with Crippen LogP contribution in [0, 0.1) is 0 Å². The Kier molecular flexibility index (Phi) is 4.89. The van der Waals surface area contributed by atoms with Gasteiger partial charge in [0, 0.05) is 6.54 Å². The first-order valence-corrected chi connectivity index (χ1v) is 7.68. The Hall–Kier alpha value is -1.89. The van der Waals surface area contributed by atoms with Crippen molar-refractivity contribution in [3.8, 4) is 0 Å². The molecule has 1 saturated heterocycles. The van der Waals surface area contributed by atoms with Crippen LogP contribution in [0.5, 0.6) is 0 Å². The van der Waals surface area contributed by atoms with Gasteiger partial charge in [-0.25, -0.2) is 0 Å². The molecule has 0 bridgehead atoms. The average molecular weight is 337 g/mol. The quantitative estimate of drug-likeness (QED) is 0.844. The summed E-state index contributed by atoms with van der Waals surface area (Å²) < 4.78 is 47.4. The number of hydrogen-bond acceptors (Lipinski definition) is 3. The fourth-order valence-corrected chi connectivity index (χ4v) is 2.86. The van der Waals surface area contributed by atoms with Crippen molar-refractivity contribution < 1.29 is 22.7 Å². The Morgan fingerprint density at radius 2 is 1.62 bits per heavy atom. The summed E-state index contributed by atoms with van der Waals surface area (Å²) in [7, 11) is 0. The van der Waals surface area contributed by atoms with Gasteiger partial charge >= 0.3 is 6.18 Å². The Morgan fingerprint density at radius 3 is 2.25 bits per heavy atom. The van der Waals surface area contributed by atoms with Gasteiger partial charge in [0.05, 0.1) is 19.8 Å². The first-order valence-electron chi connectivity index (χ1n) is 7.68. The molecular weight excluding hydrogens is 319 g/mol. The van der Waals surface area contributed by atoms with Crippen LogP contribution >= 0.6 is 0 Å². The van der Waals surface area contributed by atoms with Gasteiger partial charge in [0.15, 0.2) is 5.54 Å². The van der Waals surface area contributed by atoms with Crippen molar-refractivity contribution in [1.82, 2.24) is 5.06 Å². The SMILES string of the molecule is FC(F)(F)C1(c2ccccc2)COCCN1OCc1ccccc1. The number of hydroxylamine groups is 2. The maximum absolute atomic E-state index is 14.1. The van der Waals surface area contributed by atoms with Crippen LogP contribution in [-0.2, 0) is 21.7 Å². The standard InChI is InChI=1S/C18H18F3NO2/c19-18(20,21)17(16-9-5-2-6-10-16)14-23-12-11-22(17)24-13-15-7-3-1-4-8-15/h1-10H,11-14H2. The normalized spacial score (nSPS) is 22.5. The summed E-state index contributed by atoms with van der Waals surface area (Å²) in [6.45, 7) is -0.179. The first-order chi connectivity index (χ1) is 11.5. The zero-order valence-electron chi connectivity index (χ0n) is 13.0. The van der Waals surface area contributed by atoms with Gasteiger partial charge < -0.3 is 4.74 Å². The molecule has 128 valence electrons. The third kappa shape index (κ3) is 3.17. The molecule has 1 atom stereocenters. The predicted octanol–water partition coefficient (Wildman–Crippen LogP) is 3.91. The lowest BCUT2D eigenvalue weighted by Crippen LogP contribution is -2.62. The minimum atomic E-state index is -4.54. The van der Waals surface area contributed by atoms with E-state index in [1.807, 2.05) is 30.3 Å². The first kappa shape index (κ1) is 17.0. The van der Waals surface area contributed by atoms with Gasteiger partial charge in [-0.1, -0.05) is 60.7 Å². The molecule has 1 aliphatic heterocycles. The van der Waals surface area contributed by atoms with Crippen LogP contribution in [0.4, 0.5) is 13.2 Å². The Morgan fingerprint density at radius 1 is 1.00 bits per heavy atom. The van der Waals surface area contributed by atoms with Gasteiger partial charge in [-0.2, -0.15) is 18.2 Å². The molecule has 3 nitrogen and oxygen atoms in total. The van der Waals surface area contributed by atoms with E-state index in [-0.39, 0.29) is 25.3 Å². The molecule has 0 N–H and O–H groups in total. The molecule has 0 aliphatic carbocycles. The smallest absolute Gasteiger partial charge is 0.377 e. The minimum Gasteiger partial charge on any atom is -0.377 e. The molecule has 0 aromatic heterocycles. The molecule has 2 aromatic carbocycles. The molecule has 1 fully saturated rings. The molecular formula is C18H18F3NO2. The van der Waals surface area contributed by atoms with Gasteiger partial charge in [0.25, 0.3) is 0 Å². The van der Waals surface area contributed by atoms with Crippen LogP contribution < -0.4 is 0 Å². The van der Waals surface area contributed by atoms with Crippen LogP contribution in [0.3, 0.4) is 0 Å². The molecule has 24 heavy (non-hydrogen) atoms. The summed E-state index contributed by atoms with van der Waals surface area (Å²) in [5, 5.41) is 1.03. The van der Waals surface area contributed by atoms with Crippen molar-refractivity contribution in [2.24, 2.45) is 0 Å². The van der Waals surface area contributed by atoms with Gasteiger partial charge in [-0.15, -0.1) is 0 Å². The van der Waals surface area contributed by atoms with Crippen molar-refractivity contribution in [3.05, 3.63) is 71.8 Å². The monoisotopic (exact) mass is 337 g/mol. The zero-order valence-corrected chi connectivity index (χ0v) is 13.0. The highest BCUT2D eigenvalue weighted by atomic mass is 19.4. The fraction of sp³-hybridized carbons (Fsp3) is 0.333. The van der Waals surface area contributed by atoms with Gasteiger partial charge in [0.2, 0.25) is 0 Å². The Bertz CT molecular complexity index is 648. The summed E-state index contributed by atoms with van der Waals surface area (Å²) in [5.41, 5.74) is -1.38. The predicted molar refractivity (Wildman–Crippen MR) is 82.9 cm³/mol. The van der Waals surface area contributed by atoms with Crippen molar-refractivity contribution in [2.75, 3.05) is 19.8 Å². The van der Waals surface area contributed by atoms with Crippen LogP contribution in [0.1, 0.15) is 11.1 Å². The second-order valence-corrected chi connectivity index (χ2v) is 5.64. The summed E-state index contributed by atoms with van der Waals surface area (Å²) >= 11 is 0. The number of halogens is 3. The van der Waals surface area contributed by atoms with Crippen LogP contribution in [0.25, 0.3) is 0 Å². The highest BCUT2D eigenvalue weighted by Gasteiger charge is 2.62. The lowest BCUT2D eigenvalue weighted by Gasteiger charge is -2.46. The third-order valence-electron chi connectivity index (χ3n) is 4.13. The van der Waals surface area contributed by atoms with Gasteiger partial charge in [0.1, 0.15) is 0 Å². The molecule has 0 spiro atoms. The number of hydrogen-bond donors (Lipinski definition) is 0. The van der Waals surface area contributed by atoms with E-state index >= 15 is 0 Å². The second-order valence-electron chi connectivity index (χ2n) is 5.64. The zero-order chi connectivity index (χ0) is 17.0. The summed E-state index contributed by atoms with van der Waals surface area (Å²) in [6.07, 6.45) is -4.54. The van der Waals surface area contributed by atoms with E-state index < -0.39 is 18.3 Å². The maximum Gasteiger partial charge on any atom is 0.415 e. The van der Waals surface area contributed by atoms with Crippen molar-refractivity contribution in [1.29, 1.82) is 0 Å². The summed E-state index contributed by atoms with van der Waals surface area (Å²) in [5.74, 6) is 0. The molecule has 2 aromatic rings. The molecule has 6 heteroatoms. The molecule has 1 aliphatic rings. The van der Waals surface area contributed by atoms with Crippen LogP contribution in [0.15, 0.2) is 60.7 Å². The summed E-state index contributed by atoms with van der Waals surface area (Å²) in [6, 6.07) is 16.9. The van der Waals surface area contributed by atoms with E-state index in [9.17, 15) is 13.2 Å². The molecule has 0 amide bonds. The number of morpholine rings is 1. The van der Waals surface area contributed by atoms with Crippen molar-refractivity contribution >= 4 is 0 Å². The number of nitrogens with zero attached hydrogens (tertiary/aromatic N) is 1. The van der Waals surface area contributed by atoms with E-state index in [1.54, 1.807) is 18.2 Å². The van der Waals surface area contributed by atoms with Crippen LogP contribution in [-0.4, -0.2) is 31.0 Å². The van der Waals surface area contributed by atoms with Crippen LogP contribution in [0.2, 0.25) is 0 Å². The Balaban J connectivity index is 1.92. The number of rotatable bonds is 4. The van der Waals surface area contributed by atoms with E-state index in [1.165, 1.54) is 12.1 Å². The topological polar surface area (TPSA) is 21.7 Å². The number of alkyl halides is 3. The molecule has 1 heterocycles. The van der Waals surface area contributed by atoms with Crippen molar-refractivity contribution in [3.63, 3.8) is 0 Å². The third-order valence-corrected chi connectivity index (χ3v) is 4.13. The van der Waals surface area contributed by atoms with E-state index in [0.29, 0.717) is 0 Å². The highest BCUT2D eigenvalue weighted by Crippen LogP contribution is 2.45. The average Bonchev–Trinajstić information content (AvgIpc) is 2.61. The molecule has 3 rings (SSSR count). The van der Waals surface area contributed by atoms with Gasteiger partial charge in [-0.3, -0.25) is 4.84 Å². The second kappa shape index (κ2) is 6.93. The fourth-order valence-electron chi connectivity index (χ4n) is 2.86. The largest absolute Gasteiger partial charge is 0.415 e. The number of benzene rings is 2. The summed E-state index contributed by atoms with van der Waals surface area (Å²) in [4.78, 5) is 5.60. The minimum absolute atomic E-state index is 0.0429. The highest BCUT2D eigenvalue weighted by molar-refractivity contribution is 5.27. The lowest BCUT2D eigenvalue weighted by atomic mass is 9.88. The van der Waals surface area contributed by atoms with E-state index in [4.69, 9.17) is 9.57 Å². The Labute approximate surface area is 138 Å². The number of ether oxygens (including phenoxy) is 1. The van der Waals surface area contributed by atoms with Gasteiger partial charge in [-0.05, 0) is 11.1 Å². The molecule has 0 radical (unpaired) electrons. The van der Waals surface area contributed by atoms with E-state index in [2.05, 4.69) is 0 Å².